The van der Waals surface area contributed by atoms with Gasteiger partial charge in [-0.3, -0.25) is 4.55 Å². The first-order chi connectivity index (χ1) is 15.9. The zero-order valence-corrected chi connectivity index (χ0v) is 21.1. The van der Waals surface area contributed by atoms with Crippen LogP contribution in [0.1, 0.15) is 5.56 Å². The summed E-state index contributed by atoms with van der Waals surface area (Å²) in [6, 6.07) is 9.27. The molecule has 1 saturated heterocycles. The maximum absolute atomic E-state index is 11.2. The van der Waals surface area contributed by atoms with Gasteiger partial charge in [-0.05, 0) is 48.9 Å². The molecule has 0 saturated carbocycles. The molecule has 0 atom stereocenters. The van der Waals surface area contributed by atoms with Crippen molar-refractivity contribution in [2.75, 3.05) is 44.7 Å². The van der Waals surface area contributed by atoms with Gasteiger partial charge in [0.25, 0.3) is 0 Å². The third-order valence-electron chi connectivity index (χ3n) is 5.46. The first kappa shape index (κ1) is 26.2. The molecule has 4 aromatic rings. The Morgan fingerprint density at radius 3 is 2.65 bits per heavy atom. The van der Waals surface area contributed by atoms with Crippen molar-refractivity contribution in [3.05, 3.63) is 48.3 Å². The highest BCUT2D eigenvalue weighted by molar-refractivity contribution is 7.88. The van der Waals surface area contributed by atoms with Crippen molar-refractivity contribution in [1.82, 2.24) is 15.3 Å². The lowest BCUT2D eigenvalue weighted by atomic mass is 10.1. The van der Waals surface area contributed by atoms with Crippen LogP contribution in [0.2, 0.25) is 0 Å². The molecule has 4 heterocycles. The van der Waals surface area contributed by atoms with E-state index in [2.05, 4.69) is 20.2 Å². The number of hydrogen-bond acceptors (Lipinski definition) is 8. The maximum Gasteiger partial charge on any atom is 0.304 e. The van der Waals surface area contributed by atoms with Crippen LogP contribution >= 0.6 is 23.7 Å². The van der Waals surface area contributed by atoms with Crippen molar-refractivity contribution in [1.29, 1.82) is 0 Å². The Morgan fingerprint density at radius 1 is 1.21 bits per heavy atom. The molecule has 34 heavy (non-hydrogen) atoms. The van der Waals surface area contributed by atoms with Crippen molar-refractivity contribution in [3.63, 3.8) is 0 Å². The van der Waals surface area contributed by atoms with Crippen LogP contribution in [-0.4, -0.2) is 62.8 Å². The number of thiophene rings is 1. The summed E-state index contributed by atoms with van der Waals surface area (Å²) in [5.41, 5.74) is 7.92. The quantitative estimate of drug-likeness (QED) is 0.292. The van der Waals surface area contributed by atoms with Crippen LogP contribution in [0.3, 0.4) is 0 Å². The van der Waals surface area contributed by atoms with Crippen LogP contribution in [-0.2, 0) is 16.5 Å². The third-order valence-corrected chi connectivity index (χ3v) is 7.86. The lowest BCUT2D eigenvalue weighted by Crippen LogP contribution is -2.43. The SMILES string of the molecule is COc1ccc2[nH]cc(CCN)c2c1.Cl.O=S(=O)(O)c1cc2c(N3CCNCC3)nccc2s1. The number of benzene rings is 1. The summed E-state index contributed by atoms with van der Waals surface area (Å²) < 4.78 is 37.5. The van der Waals surface area contributed by atoms with Gasteiger partial charge in [0.1, 0.15) is 15.8 Å². The van der Waals surface area contributed by atoms with Crippen LogP contribution in [0.4, 0.5) is 5.82 Å². The fourth-order valence-electron chi connectivity index (χ4n) is 3.83. The molecule has 0 radical (unpaired) electrons. The zero-order chi connectivity index (χ0) is 23.4. The number of rotatable bonds is 5. The van der Waals surface area contributed by atoms with Gasteiger partial charge in [0, 0.05) is 59.6 Å². The number of nitrogens with zero attached hydrogens (tertiary/aromatic N) is 2. The fraction of sp³-hybridized carbons (Fsp3) is 0.318. The Bertz CT molecular complexity index is 1350. The summed E-state index contributed by atoms with van der Waals surface area (Å²) in [4.78, 5) is 9.69. The number of pyridine rings is 1. The van der Waals surface area contributed by atoms with E-state index in [1.54, 1.807) is 19.4 Å². The minimum Gasteiger partial charge on any atom is -0.497 e. The summed E-state index contributed by atoms with van der Waals surface area (Å²) >= 11 is 1.06. The second kappa shape index (κ2) is 11.3. The fourth-order valence-corrected chi connectivity index (χ4v) is 5.57. The largest absolute Gasteiger partial charge is 0.497 e. The van der Waals surface area contributed by atoms with Crippen LogP contribution in [0.5, 0.6) is 5.75 Å². The van der Waals surface area contributed by atoms with Gasteiger partial charge in [0.2, 0.25) is 0 Å². The Balaban J connectivity index is 0.000000193. The number of anilines is 1. The number of hydrogen-bond donors (Lipinski definition) is 4. The average Bonchev–Trinajstić information content (AvgIpc) is 3.44. The minimum atomic E-state index is -4.15. The predicted molar refractivity (Wildman–Crippen MR) is 139 cm³/mol. The van der Waals surface area contributed by atoms with Gasteiger partial charge in [-0.15, -0.1) is 23.7 Å². The van der Waals surface area contributed by atoms with E-state index in [0.717, 1.165) is 71.1 Å². The second-order valence-corrected chi connectivity index (χ2v) is 10.3. The van der Waals surface area contributed by atoms with Crippen LogP contribution < -0.4 is 20.7 Å². The van der Waals surface area contributed by atoms with Gasteiger partial charge < -0.3 is 25.7 Å². The molecule has 9 nitrogen and oxygen atoms in total. The van der Waals surface area contributed by atoms with Gasteiger partial charge >= 0.3 is 10.1 Å². The van der Waals surface area contributed by atoms with Crippen LogP contribution in [0.25, 0.3) is 21.0 Å². The molecule has 1 aliphatic heterocycles. The molecular weight excluding hydrogens is 498 g/mol. The molecule has 3 aromatic heterocycles. The topological polar surface area (TPSA) is 134 Å². The molecule has 0 bridgehead atoms. The molecule has 184 valence electrons. The number of nitrogens with one attached hydrogen (secondary N) is 2. The maximum atomic E-state index is 11.2. The van der Waals surface area contributed by atoms with Crippen molar-refractivity contribution >= 4 is 60.7 Å². The molecule has 12 heteroatoms. The number of nitrogens with two attached hydrogens (primary N) is 1. The van der Waals surface area contributed by atoms with Crippen molar-refractivity contribution in [2.24, 2.45) is 5.73 Å². The van der Waals surface area contributed by atoms with Crippen molar-refractivity contribution in [3.8, 4) is 5.75 Å². The number of H-pyrrole nitrogens is 1. The van der Waals surface area contributed by atoms with E-state index in [4.69, 9.17) is 15.0 Å². The van der Waals surface area contributed by atoms with E-state index in [9.17, 15) is 8.42 Å². The number of aromatic nitrogens is 2. The number of ether oxygens (including phenoxy) is 1. The van der Waals surface area contributed by atoms with E-state index in [1.807, 2.05) is 24.4 Å². The van der Waals surface area contributed by atoms with Gasteiger partial charge in [-0.25, -0.2) is 4.98 Å². The lowest BCUT2D eigenvalue weighted by Gasteiger charge is -2.28. The van der Waals surface area contributed by atoms with Gasteiger partial charge in [0.05, 0.1) is 7.11 Å². The van der Waals surface area contributed by atoms with Crippen molar-refractivity contribution in [2.45, 2.75) is 10.6 Å². The van der Waals surface area contributed by atoms with E-state index < -0.39 is 10.1 Å². The Labute approximate surface area is 208 Å². The monoisotopic (exact) mass is 525 g/mol. The predicted octanol–water partition coefficient (Wildman–Crippen LogP) is 3.05. The molecule has 5 rings (SSSR count). The summed E-state index contributed by atoms with van der Waals surface area (Å²) in [7, 11) is -2.48. The van der Waals surface area contributed by atoms with E-state index in [0.29, 0.717) is 6.54 Å². The highest BCUT2D eigenvalue weighted by atomic mass is 35.5. The number of halogens is 1. The summed E-state index contributed by atoms with van der Waals surface area (Å²) in [6.07, 6.45) is 4.58. The highest BCUT2D eigenvalue weighted by Gasteiger charge is 2.19. The molecule has 1 aliphatic rings. The molecule has 1 aromatic carbocycles. The van der Waals surface area contributed by atoms with Gasteiger partial charge in [0.15, 0.2) is 0 Å². The third kappa shape index (κ3) is 5.80. The summed E-state index contributed by atoms with van der Waals surface area (Å²) in [5, 5.41) is 5.24. The number of aromatic amines is 1. The van der Waals surface area contributed by atoms with E-state index >= 15 is 0 Å². The summed E-state index contributed by atoms with van der Waals surface area (Å²) in [6.45, 7) is 4.11. The molecular formula is C22H28ClN5O4S2. The standard InChI is InChI=1S/C11H13N3O3S2.C11H14N2O.ClH/c15-19(16,17)10-7-8-9(18-10)1-2-13-11(8)14-5-3-12-4-6-14;1-14-9-2-3-11-10(6-9)8(4-5-12)7-13-11;/h1-2,7,12H,3-6H2,(H,15,16,17);2-3,6-7,13H,4-5,12H2,1H3;1H. The first-order valence-corrected chi connectivity index (χ1v) is 12.8. The van der Waals surface area contributed by atoms with E-state index in [1.165, 1.54) is 17.0 Å². The molecule has 5 N–H and O–H groups in total. The highest BCUT2D eigenvalue weighted by Crippen LogP contribution is 2.34. The second-order valence-electron chi connectivity index (χ2n) is 7.59. The Hall–Kier alpha value is -2.41. The van der Waals surface area contributed by atoms with Crippen LogP contribution in [0.15, 0.2) is 46.9 Å². The number of methoxy groups -OCH3 is 1. The molecule has 0 unspecified atom stereocenters. The molecule has 0 spiro atoms. The average molecular weight is 526 g/mol. The zero-order valence-electron chi connectivity index (χ0n) is 18.7. The number of piperazine rings is 1. The number of fused-ring (bicyclic) bond motifs is 2. The van der Waals surface area contributed by atoms with Crippen LogP contribution in [0, 0.1) is 0 Å². The normalized spacial score (nSPS) is 13.9. The smallest absolute Gasteiger partial charge is 0.304 e. The molecule has 0 amide bonds. The van der Waals surface area contributed by atoms with Crippen molar-refractivity contribution < 1.29 is 17.7 Å². The first-order valence-electron chi connectivity index (χ1n) is 10.6. The lowest BCUT2D eigenvalue weighted by molar-refractivity contribution is 0.415. The van der Waals surface area contributed by atoms with Gasteiger partial charge in [-0.1, -0.05) is 0 Å². The molecule has 0 aliphatic carbocycles. The minimum absolute atomic E-state index is 0. The Kier molecular flexibility index (Phi) is 8.74. The van der Waals surface area contributed by atoms with Gasteiger partial charge in [-0.2, -0.15) is 8.42 Å². The van der Waals surface area contributed by atoms with E-state index in [-0.39, 0.29) is 16.6 Å². The summed E-state index contributed by atoms with van der Waals surface area (Å²) in [5.74, 6) is 1.67. The molecule has 1 fully saturated rings. The Morgan fingerprint density at radius 2 is 1.97 bits per heavy atom.